The van der Waals surface area contributed by atoms with E-state index in [-0.39, 0.29) is 17.4 Å². The number of halogens is 1. The van der Waals surface area contributed by atoms with Crippen molar-refractivity contribution in [1.29, 1.82) is 0 Å². The van der Waals surface area contributed by atoms with Crippen molar-refractivity contribution in [3.8, 4) is 5.75 Å². The predicted octanol–water partition coefficient (Wildman–Crippen LogP) is 3.74. The number of hydrogen-bond acceptors (Lipinski definition) is 3. The van der Waals surface area contributed by atoms with Crippen molar-refractivity contribution in [2.45, 2.75) is 11.3 Å². The highest BCUT2D eigenvalue weighted by Gasteiger charge is 2.15. The third-order valence-corrected chi connectivity index (χ3v) is 4.26. The van der Waals surface area contributed by atoms with E-state index in [4.69, 9.17) is 4.74 Å². The minimum Gasteiger partial charge on any atom is -0.493 e. The van der Waals surface area contributed by atoms with E-state index in [9.17, 15) is 9.18 Å². The van der Waals surface area contributed by atoms with Crippen LogP contribution in [0, 0.1) is 5.82 Å². The number of Topliss-reactive ketones (excluding diaryl/α,β-unsaturated/α-hetero) is 1. The third-order valence-electron chi connectivity index (χ3n) is 3.21. The van der Waals surface area contributed by atoms with E-state index in [1.807, 2.05) is 12.1 Å². The molecule has 0 saturated carbocycles. The molecular weight excluding hydrogens is 275 g/mol. The SMILES string of the molecule is O=C(CSc1ccccc1F)c1ccc2c(c1)CCO2. The number of ether oxygens (including phenoxy) is 1. The molecule has 1 aliphatic rings. The summed E-state index contributed by atoms with van der Waals surface area (Å²) >= 11 is 1.23. The van der Waals surface area contributed by atoms with Crippen LogP contribution in [0.3, 0.4) is 0 Å². The summed E-state index contributed by atoms with van der Waals surface area (Å²) < 4.78 is 18.9. The normalized spacial score (nSPS) is 12.8. The second-order valence-electron chi connectivity index (χ2n) is 4.56. The van der Waals surface area contributed by atoms with Crippen molar-refractivity contribution in [2.75, 3.05) is 12.4 Å². The van der Waals surface area contributed by atoms with Crippen molar-refractivity contribution in [3.05, 3.63) is 59.4 Å². The Bertz CT molecular complexity index is 655. The van der Waals surface area contributed by atoms with Crippen LogP contribution in [0.1, 0.15) is 15.9 Å². The molecule has 0 aliphatic carbocycles. The van der Waals surface area contributed by atoms with Gasteiger partial charge in [0.05, 0.1) is 12.4 Å². The Balaban J connectivity index is 1.69. The van der Waals surface area contributed by atoms with Crippen LogP contribution in [0.25, 0.3) is 0 Å². The fourth-order valence-corrected chi connectivity index (χ4v) is 2.98. The maximum atomic E-state index is 13.5. The number of rotatable bonds is 4. The zero-order valence-electron chi connectivity index (χ0n) is 10.8. The lowest BCUT2D eigenvalue weighted by molar-refractivity contribution is 0.102. The molecule has 0 unspecified atom stereocenters. The zero-order valence-corrected chi connectivity index (χ0v) is 11.6. The van der Waals surface area contributed by atoms with Crippen LogP contribution in [0.4, 0.5) is 4.39 Å². The van der Waals surface area contributed by atoms with Gasteiger partial charge in [-0.25, -0.2) is 4.39 Å². The van der Waals surface area contributed by atoms with Crippen LogP contribution < -0.4 is 4.74 Å². The molecule has 0 radical (unpaired) electrons. The van der Waals surface area contributed by atoms with E-state index in [1.165, 1.54) is 17.8 Å². The maximum Gasteiger partial charge on any atom is 0.173 e. The summed E-state index contributed by atoms with van der Waals surface area (Å²) in [7, 11) is 0. The quantitative estimate of drug-likeness (QED) is 0.633. The summed E-state index contributed by atoms with van der Waals surface area (Å²) in [5.41, 5.74) is 1.74. The molecule has 2 aromatic carbocycles. The van der Waals surface area contributed by atoms with Crippen LogP contribution in [0.2, 0.25) is 0 Å². The minimum absolute atomic E-state index is 0.00736. The smallest absolute Gasteiger partial charge is 0.173 e. The highest BCUT2D eigenvalue weighted by Crippen LogP contribution is 2.27. The highest BCUT2D eigenvalue weighted by molar-refractivity contribution is 8.00. The number of carbonyl (C=O) groups excluding carboxylic acids is 1. The largest absolute Gasteiger partial charge is 0.493 e. The van der Waals surface area contributed by atoms with Crippen LogP contribution in [0.5, 0.6) is 5.75 Å². The first-order valence-corrected chi connectivity index (χ1v) is 7.39. The highest BCUT2D eigenvalue weighted by atomic mass is 32.2. The van der Waals surface area contributed by atoms with Gasteiger partial charge in [0.15, 0.2) is 5.78 Å². The Hall–Kier alpha value is -1.81. The van der Waals surface area contributed by atoms with E-state index >= 15 is 0 Å². The van der Waals surface area contributed by atoms with E-state index in [1.54, 1.807) is 24.3 Å². The van der Waals surface area contributed by atoms with Gasteiger partial charge in [0.1, 0.15) is 11.6 Å². The molecule has 4 heteroatoms. The Labute approximate surface area is 121 Å². The van der Waals surface area contributed by atoms with Gasteiger partial charge in [0, 0.05) is 16.9 Å². The van der Waals surface area contributed by atoms with Gasteiger partial charge in [-0.3, -0.25) is 4.79 Å². The van der Waals surface area contributed by atoms with Gasteiger partial charge in [0.25, 0.3) is 0 Å². The molecule has 0 N–H and O–H groups in total. The van der Waals surface area contributed by atoms with E-state index in [0.717, 1.165) is 17.7 Å². The van der Waals surface area contributed by atoms with Crippen LogP contribution in [-0.2, 0) is 6.42 Å². The van der Waals surface area contributed by atoms with Crippen LogP contribution in [0.15, 0.2) is 47.4 Å². The van der Waals surface area contributed by atoms with Crippen molar-refractivity contribution in [2.24, 2.45) is 0 Å². The molecule has 1 heterocycles. The first-order chi connectivity index (χ1) is 9.74. The standard InChI is InChI=1S/C16H13FO2S/c17-13-3-1-2-4-16(13)20-10-14(18)11-5-6-15-12(9-11)7-8-19-15/h1-6,9H,7-8,10H2. The average molecular weight is 288 g/mol. The number of fused-ring (bicyclic) bond motifs is 1. The van der Waals surface area contributed by atoms with E-state index in [2.05, 4.69) is 0 Å². The lowest BCUT2D eigenvalue weighted by atomic mass is 10.1. The van der Waals surface area contributed by atoms with E-state index in [0.29, 0.717) is 17.1 Å². The number of thioether (sulfide) groups is 1. The van der Waals surface area contributed by atoms with Crippen molar-refractivity contribution < 1.29 is 13.9 Å². The molecule has 0 fully saturated rings. The number of ketones is 1. The predicted molar refractivity (Wildman–Crippen MR) is 77.1 cm³/mol. The Morgan fingerprint density at radius 1 is 1.25 bits per heavy atom. The molecular formula is C16H13FO2S. The number of carbonyl (C=O) groups is 1. The van der Waals surface area contributed by atoms with Gasteiger partial charge in [-0.1, -0.05) is 12.1 Å². The minimum atomic E-state index is -0.285. The summed E-state index contributed by atoms with van der Waals surface area (Å²) in [4.78, 5) is 12.7. The first kappa shape index (κ1) is 13.2. The summed E-state index contributed by atoms with van der Waals surface area (Å²) in [6, 6.07) is 12.0. The summed E-state index contributed by atoms with van der Waals surface area (Å²) in [5, 5.41) is 0. The van der Waals surface area contributed by atoms with E-state index < -0.39 is 0 Å². The molecule has 20 heavy (non-hydrogen) atoms. The lowest BCUT2D eigenvalue weighted by Crippen LogP contribution is -2.03. The van der Waals surface area contributed by atoms with Crippen molar-refractivity contribution >= 4 is 17.5 Å². The molecule has 0 spiro atoms. The molecule has 0 aromatic heterocycles. The monoisotopic (exact) mass is 288 g/mol. The Kier molecular flexibility index (Phi) is 3.74. The molecule has 2 nitrogen and oxygen atoms in total. The molecule has 0 bridgehead atoms. The van der Waals surface area contributed by atoms with Gasteiger partial charge >= 0.3 is 0 Å². The second kappa shape index (κ2) is 5.67. The fraction of sp³-hybridized carbons (Fsp3) is 0.188. The molecule has 2 aromatic rings. The molecule has 3 rings (SSSR count). The summed E-state index contributed by atoms with van der Waals surface area (Å²) in [6.07, 6.45) is 0.844. The summed E-state index contributed by atoms with van der Waals surface area (Å²) in [6.45, 7) is 0.678. The Morgan fingerprint density at radius 2 is 2.10 bits per heavy atom. The molecule has 0 amide bonds. The average Bonchev–Trinajstić information content (AvgIpc) is 2.93. The first-order valence-electron chi connectivity index (χ1n) is 6.40. The van der Waals surface area contributed by atoms with Gasteiger partial charge in [-0.15, -0.1) is 11.8 Å². The van der Waals surface area contributed by atoms with Gasteiger partial charge in [-0.2, -0.15) is 0 Å². The van der Waals surface area contributed by atoms with Crippen molar-refractivity contribution in [3.63, 3.8) is 0 Å². The van der Waals surface area contributed by atoms with Gasteiger partial charge in [0.2, 0.25) is 0 Å². The van der Waals surface area contributed by atoms with Gasteiger partial charge < -0.3 is 4.74 Å². The molecule has 0 atom stereocenters. The second-order valence-corrected chi connectivity index (χ2v) is 5.58. The lowest BCUT2D eigenvalue weighted by Gasteiger charge is -2.04. The van der Waals surface area contributed by atoms with Crippen molar-refractivity contribution in [1.82, 2.24) is 0 Å². The van der Waals surface area contributed by atoms with Gasteiger partial charge in [-0.05, 0) is 35.9 Å². The zero-order chi connectivity index (χ0) is 13.9. The molecule has 0 saturated heterocycles. The topological polar surface area (TPSA) is 26.3 Å². The Morgan fingerprint density at radius 3 is 2.95 bits per heavy atom. The van der Waals surface area contributed by atoms with Crippen LogP contribution >= 0.6 is 11.8 Å². The summed E-state index contributed by atoms with van der Waals surface area (Å²) in [5.74, 6) is 0.824. The fourth-order valence-electron chi connectivity index (χ4n) is 2.15. The number of hydrogen-bond donors (Lipinski definition) is 0. The maximum absolute atomic E-state index is 13.5. The molecule has 1 aliphatic heterocycles. The third kappa shape index (κ3) is 2.70. The number of benzene rings is 2. The molecule has 102 valence electrons. The van der Waals surface area contributed by atoms with Crippen LogP contribution in [-0.4, -0.2) is 18.1 Å².